The van der Waals surface area contributed by atoms with Crippen LogP contribution in [0.5, 0.6) is 5.75 Å². The molecule has 0 radical (unpaired) electrons. The Kier molecular flexibility index (Phi) is 5.49. The Hall–Kier alpha value is -1.55. The van der Waals surface area contributed by atoms with E-state index >= 15 is 0 Å². The third kappa shape index (κ3) is 5.36. The van der Waals surface area contributed by atoms with E-state index in [1.165, 1.54) is 6.92 Å². The van der Waals surface area contributed by atoms with Gasteiger partial charge in [0.1, 0.15) is 11.5 Å². The van der Waals surface area contributed by atoms with Crippen LogP contribution in [0.4, 0.5) is 0 Å². The van der Waals surface area contributed by atoms with Crippen LogP contribution in [-0.2, 0) is 9.59 Å². The van der Waals surface area contributed by atoms with Gasteiger partial charge in [-0.15, -0.1) is 0 Å². The lowest BCUT2D eigenvalue weighted by molar-refractivity contribution is -0.123. The lowest BCUT2D eigenvalue weighted by Gasteiger charge is -2.07. The van der Waals surface area contributed by atoms with Crippen LogP contribution in [0.1, 0.15) is 13.3 Å². The van der Waals surface area contributed by atoms with Crippen molar-refractivity contribution in [2.24, 2.45) is 0 Å². The molecule has 1 amide bonds. The minimum atomic E-state index is -0.272. The van der Waals surface area contributed by atoms with Crippen LogP contribution in [0, 0.1) is 0 Å². The smallest absolute Gasteiger partial charge is 0.257 e. The number of ether oxygens (including phenoxy) is 1. The molecule has 0 aliphatic carbocycles. The van der Waals surface area contributed by atoms with Gasteiger partial charge in [0.05, 0.1) is 5.02 Å². The average Bonchev–Trinajstić information content (AvgIpc) is 2.27. The molecular formula is C12H14ClNO3. The van der Waals surface area contributed by atoms with Crippen molar-refractivity contribution in [3.63, 3.8) is 0 Å². The Morgan fingerprint density at radius 1 is 1.35 bits per heavy atom. The van der Waals surface area contributed by atoms with E-state index in [0.717, 1.165) is 0 Å². The summed E-state index contributed by atoms with van der Waals surface area (Å²) < 4.78 is 5.23. The standard InChI is InChI=1S/C12H14ClNO3/c1-9(15)6-7-14-12(16)8-17-11-5-3-2-4-10(11)13/h2-5H,6-8H2,1H3,(H,14,16). The number of Topliss-reactive ketones (excluding diaryl/α,β-unsaturated/α-hetero) is 1. The molecule has 1 aromatic rings. The number of hydrogen-bond donors (Lipinski definition) is 1. The minimum Gasteiger partial charge on any atom is -0.482 e. The number of para-hydroxylation sites is 1. The first-order valence-electron chi connectivity index (χ1n) is 5.23. The van der Waals surface area contributed by atoms with E-state index in [9.17, 15) is 9.59 Å². The van der Waals surface area contributed by atoms with Gasteiger partial charge in [-0.05, 0) is 19.1 Å². The van der Waals surface area contributed by atoms with Crippen molar-refractivity contribution in [1.29, 1.82) is 0 Å². The molecule has 0 saturated carbocycles. The van der Waals surface area contributed by atoms with Crippen molar-refractivity contribution < 1.29 is 14.3 Å². The van der Waals surface area contributed by atoms with Crippen LogP contribution in [0.3, 0.4) is 0 Å². The SMILES string of the molecule is CC(=O)CCNC(=O)COc1ccccc1Cl. The fraction of sp³-hybridized carbons (Fsp3) is 0.333. The van der Waals surface area contributed by atoms with Gasteiger partial charge in [0.25, 0.3) is 5.91 Å². The van der Waals surface area contributed by atoms with Gasteiger partial charge >= 0.3 is 0 Å². The van der Waals surface area contributed by atoms with E-state index in [1.807, 2.05) is 0 Å². The zero-order valence-electron chi connectivity index (χ0n) is 9.53. The summed E-state index contributed by atoms with van der Waals surface area (Å²) in [4.78, 5) is 22.0. The van der Waals surface area contributed by atoms with Crippen LogP contribution in [0.2, 0.25) is 5.02 Å². The highest BCUT2D eigenvalue weighted by Gasteiger charge is 2.05. The fourth-order valence-electron chi connectivity index (χ4n) is 1.13. The molecule has 0 atom stereocenters. The van der Waals surface area contributed by atoms with Gasteiger partial charge in [-0.25, -0.2) is 0 Å². The monoisotopic (exact) mass is 255 g/mol. The van der Waals surface area contributed by atoms with Gasteiger partial charge in [0, 0.05) is 13.0 Å². The molecule has 92 valence electrons. The lowest BCUT2D eigenvalue weighted by atomic mass is 10.3. The first-order chi connectivity index (χ1) is 8.09. The summed E-state index contributed by atoms with van der Waals surface area (Å²) in [6.07, 6.45) is 0.331. The van der Waals surface area contributed by atoms with Crippen molar-refractivity contribution in [3.8, 4) is 5.75 Å². The molecule has 0 aliphatic rings. The Morgan fingerprint density at radius 3 is 2.71 bits per heavy atom. The van der Waals surface area contributed by atoms with Gasteiger partial charge in [-0.3, -0.25) is 9.59 Å². The summed E-state index contributed by atoms with van der Waals surface area (Å²) in [6, 6.07) is 6.92. The number of ketones is 1. The minimum absolute atomic E-state index is 0.0392. The molecule has 0 bridgehead atoms. The van der Waals surface area contributed by atoms with Gasteiger partial charge in [0.2, 0.25) is 0 Å². The van der Waals surface area contributed by atoms with Gasteiger partial charge in [0.15, 0.2) is 6.61 Å². The van der Waals surface area contributed by atoms with E-state index in [4.69, 9.17) is 16.3 Å². The number of carbonyl (C=O) groups excluding carboxylic acids is 2. The first kappa shape index (κ1) is 13.5. The Morgan fingerprint density at radius 2 is 2.06 bits per heavy atom. The molecule has 1 N–H and O–H groups in total. The maximum absolute atomic E-state index is 11.3. The largest absolute Gasteiger partial charge is 0.482 e. The van der Waals surface area contributed by atoms with Crippen molar-refractivity contribution in [2.75, 3.05) is 13.2 Å². The fourth-order valence-corrected chi connectivity index (χ4v) is 1.32. The molecule has 0 aliphatic heterocycles. The van der Waals surface area contributed by atoms with E-state index in [2.05, 4.69) is 5.32 Å². The second kappa shape index (κ2) is 6.91. The molecule has 1 rings (SSSR count). The van der Waals surface area contributed by atoms with E-state index in [0.29, 0.717) is 23.7 Å². The predicted octanol–water partition coefficient (Wildman–Crippen LogP) is 1.81. The van der Waals surface area contributed by atoms with Crippen LogP contribution in [-0.4, -0.2) is 24.8 Å². The van der Waals surface area contributed by atoms with Crippen molar-refractivity contribution in [2.45, 2.75) is 13.3 Å². The normalized spacial score (nSPS) is 9.76. The number of amides is 1. The summed E-state index contributed by atoms with van der Waals surface area (Å²) in [6.45, 7) is 1.70. The Bertz CT molecular complexity index is 406. The van der Waals surface area contributed by atoms with Gasteiger partial charge < -0.3 is 10.1 Å². The topological polar surface area (TPSA) is 55.4 Å². The quantitative estimate of drug-likeness (QED) is 0.844. The molecule has 0 unspecified atom stereocenters. The number of rotatable bonds is 6. The second-order valence-corrected chi connectivity index (χ2v) is 3.93. The van der Waals surface area contributed by atoms with Crippen molar-refractivity contribution in [1.82, 2.24) is 5.32 Å². The summed E-state index contributed by atoms with van der Waals surface area (Å²) >= 11 is 5.85. The molecule has 0 heterocycles. The average molecular weight is 256 g/mol. The number of carbonyl (C=O) groups is 2. The molecule has 0 aromatic heterocycles. The van der Waals surface area contributed by atoms with Crippen molar-refractivity contribution in [3.05, 3.63) is 29.3 Å². The van der Waals surface area contributed by atoms with Crippen LogP contribution < -0.4 is 10.1 Å². The molecule has 0 spiro atoms. The molecule has 4 nitrogen and oxygen atoms in total. The summed E-state index contributed by atoms with van der Waals surface area (Å²) in [7, 11) is 0. The lowest BCUT2D eigenvalue weighted by Crippen LogP contribution is -2.30. The summed E-state index contributed by atoms with van der Waals surface area (Å²) in [5, 5.41) is 3.04. The van der Waals surface area contributed by atoms with E-state index in [-0.39, 0.29) is 18.3 Å². The van der Waals surface area contributed by atoms with Crippen LogP contribution >= 0.6 is 11.6 Å². The third-order valence-corrected chi connectivity index (χ3v) is 2.31. The summed E-state index contributed by atoms with van der Waals surface area (Å²) in [5.74, 6) is 0.236. The van der Waals surface area contributed by atoms with Crippen LogP contribution in [0.15, 0.2) is 24.3 Å². The maximum atomic E-state index is 11.3. The number of hydrogen-bond acceptors (Lipinski definition) is 3. The van der Waals surface area contributed by atoms with Crippen molar-refractivity contribution >= 4 is 23.3 Å². The molecular weight excluding hydrogens is 242 g/mol. The molecule has 1 aromatic carbocycles. The predicted molar refractivity (Wildman–Crippen MR) is 65.3 cm³/mol. The highest BCUT2D eigenvalue weighted by molar-refractivity contribution is 6.32. The second-order valence-electron chi connectivity index (χ2n) is 3.52. The maximum Gasteiger partial charge on any atom is 0.257 e. The number of nitrogens with one attached hydrogen (secondary N) is 1. The molecule has 17 heavy (non-hydrogen) atoms. The Balaban J connectivity index is 2.29. The third-order valence-electron chi connectivity index (χ3n) is 1.99. The van der Waals surface area contributed by atoms with Gasteiger partial charge in [-0.1, -0.05) is 23.7 Å². The highest BCUT2D eigenvalue weighted by Crippen LogP contribution is 2.22. The summed E-state index contributed by atoms with van der Waals surface area (Å²) in [5.41, 5.74) is 0. The number of halogens is 1. The Labute approximate surface area is 105 Å². The van der Waals surface area contributed by atoms with E-state index < -0.39 is 0 Å². The zero-order chi connectivity index (χ0) is 12.7. The van der Waals surface area contributed by atoms with E-state index in [1.54, 1.807) is 24.3 Å². The first-order valence-corrected chi connectivity index (χ1v) is 5.61. The molecule has 5 heteroatoms. The molecule has 0 fully saturated rings. The molecule has 0 saturated heterocycles. The number of benzene rings is 1. The zero-order valence-corrected chi connectivity index (χ0v) is 10.3. The van der Waals surface area contributed by atoms with Crippen LogP contribution in [0.25, 0.3) is 0 Å². The highest BCUT2D eigenvalue weighted by atomic mass is 35.5. The van der Waals surface area contributed by atoms with Gasteiger partial charge in [-0.2, -0.15) is 0 Å².